The summed E-state index contributed by atoms with van der Waals surface area (Å²) in [7, 11) is 0. The van der Waals surface area contributed by atoms with E-state index >= 15 is 0 Å². The van der Waals surface area contributed by atoms with E-state index in [4.69, 9.17) is 9.47 Å². The van der Waals surface area contributed by atoms with Gasteiger partial charge in [-0.2, -0.15) is 0 Å². The summed E-state index contributed by atoms with van der Waals surface area (Å²) >= 11 is 0. The van der Waals surface area contributed by atoms with Gasteiger partial charge in [0.25, 0.3) is 0 Å². The monoisotopic (exact) mass is 290 g/mol. The molecule has 0 unspecified atom stereocenters. The minimum absolute atomic E-state index is 0.116. The van der Waals surface area contributed by atoms with Crippen molar-refractivity contribution in [3.8, 4) is 0 Å². The summed E-state index contributed by atoms with van der Waals surface area (Å²) in [6.45, 7) is 3.29. The lowest BCUT2D eigenvalue weighted by Crippen LogP contribution is -2.41. The Labute approximate surface area is 125 Å². The van der Waals surface area contributed by atoms with E-state index in [9.17, 15) is 9.59 Å². The lowest BCUT2D eigenvalue weighted by atomic mass is 9.70. The second-order valence-electron chi connectivity index (χ2n) is 5.29. The molecular formula is C17H22O4. The zero-order chi connectivity index (χ0) is 15.1. The van der Waals surface area contributed by atoms with Crippen LogP contribution in [-0.4, -0.2) is 31.6 Å². The maximum atomic E-state index is 12.8. The number of ether oxygens (including phenoxy) is 2. The number of hydrogen-bond acceptors (Lipinski definition) is 4. The Morgan fingerprint density at radius 3 is 2.43 bits per heavy atom. The molecule has 0 bridgehead atoms. The fourth-order valence-corrected chi connectivity index (χ4v) is 2.89. The van der Waals surface area contributed by atoms with E-state index in [0.717, 1.165) is 5.56 Å². The summed E-state index contributed by atoms with van der Waals surface area (Å²) in [5, 5.41) is 0. The van der Waals surface area contributed by atoms with Crippen LogP contribution in [0.3, 0.4) is 0 Å². The standard InChI is InChI=1S/C17H22O4/c1-2-21-16(19)9-8-15(18)17(10-12-20-13-11-17)14-6-4-3-5-7-14/h3-7H,2,8-13H2,1H3. The molecule has 21 heavy (non-hydrogen) atoms. The molecule has 1 aromatic rings. The highest BCUT2D eigenvalue weighted by Gasteiger charge is 2.40. The van der Waals surface area contributed by atoms with Crippen molar-refractivity contribution in [1.29, 1.82) is 0 Å². The van der Waals surface area contributed by atoms with Gasteiger partial charge in [-0.15, -0.1) is 0 Å². The number of esters is 1. The molecule has 0 aliphatic carbocycles. The molecule has 0 aromatic heterocycles. The Hall–Kier alpha value is -1.68. The highest BCUT2D eigenvalue weighted by Crippen LogP contribution is 2.37. The first-order chi connectivity index (χ1) is 10.2. The quantitative estimate of drug-likeness (QED) is 0.756. The SMILES string of the molecule is CCOC(=O)CCC(=O)C1(c2ccccc2)CCOCC1. The van der Waals surface area contributed by atoms with Gasteiger partial charge >= 0.3 is 5.97 Å². The number of hydrogen-bond donors (Lipinski definition) is 0. The molecule has 1 fully saturated rings. The van der Waals surface area contributed by atoms with Gasteiger partial charge in [0, 0.05) is 19.6 Å². The van der Waals surface area contributed by atoms with Crippen molar-refractivity contribution in [3.05, 3.63) is 35.9 Å². The van der Waals surface area contributed by atoms with Crippen LogP contribution < -0.4 is 0 Å². The first-order valence-electron chi connectivity index (χ1n) is 7.51. The van der Waals surface area contributed by atoms with Gasteiger partial charge in [0.05, 0.1) is 18.4 Å². The predicted molar refractivity (Wildman–Crippen MR) is 79.0 cm³/mol. The van der Waals surface area contributed by atoms with E-state index in [2.05, 4.69) is 0 Å². The van der Waals surface area contributed by atoms with Crippen LogP contribution in [0, 0.1) is 0 Å². The molecule has 0 atom stereocenters. The molecule has 114 valence electrons. The Morgan fingerprint density at radius 1 is 1.14 bits per heavy atom. The van der Waals surface area contributed by atoms with Gasteiger partial charge in [0.2, 0.25) is 0 Å². The van der Waals surface area contributed by atoms with E-state index in [0.29, 0.717) is 32.7 Å². The van der Waals surface area contributed by atoms with Crippen molar-refractivity contribution >= 4 is 11.8 Å². The molecule has 1 heterocycles. The summed E-state index contributed by atoms with van der Waals surface area (Å²) in [4.78, 5) is 24.2. The normalized spacial score (nSPS) is 17.2. The van der Waals surface area contributed by atoms with E-state index in [-0.39, 0.29) is 24.6 Å². The second kappa shape index (κ2) is 7.36. The Balaban J connectivity index is 2.13. The molecule has 1 aliphatic rings. The summed E-state index contributed by atoms with van der Waals surface area (Å²) in [6.07, 6.45) is 1.74. The van der Waals surface area contributed by atoms with Crippen LogP contribution >= 0.6 is 0 Å². The van der Waals surface area contributed by atoms with Crippen molar-refractivity contribution < 1.29 is 19.1 Å². The third-order valence-corrected chi connectivity index (χ3v) is 4.07. The number of Topliss-reactive ketones (excluding diaryl/α,β-unsaturated/α-hetero) is 1. The third kappa shape index (κ3) is 3.70. The fourth-order valence-electron chi connectivity index (χ4n) is 2.89. The van der Waals surface area contributed by atoms with Gasteiger partial charge in [-0.05, 0) is 25.3 Å². The van der Waals surface area contributed by atoms with Crippen molar-refractivity contribution in [2.75, 3.05) is 19.8 Å². The van der Waals surface area contributed by atoms with Crippen LogP contribution in [-0.2, 0) is 24.5 Å². The van der Waals surface area contributed by atoms with Crippen LogP contribution in [0.1, 0.15) is 38.2 Å². The minimum Gasteiger partial charge on any atom is -0.466 e. The molecule has 0 radical (unpaired) electrons. The van der Waals surface area contributed by atoms with E-state index in [1.54, 1.807) is 6.92 Å². The highest BCUT2D eigenvalue weighted by atomic mass is 16.5. The molecular weight excluding hydrogens is 268 g/mol. The van der Waals surface area contributed by atoms with Crippen molar-refractivity contribution in [3.63, 3.8) is 0 Å². The molecule has 1 saturated heterocycles. The van der Waals surface area contributed by atoms with Crippen LogP contribution in [0.2, 0.25) is 0 Å². The van der Waals surface area contributed by atoms with Gasteiger partial charge in [-0.3, -0.25) is 9.59 Å². The molecule has 4 nitrogen and oxygen atoms in total. The van der Waals surface area contributed by atoms with Gasteiger partial charge in [0.1, 0.15) is 5.78 Å². The fraction of sp³-hybridized carbons (Fsp3) is 0.529. The van der Waals surface area contributed by atoms with Crippen molar-refractivity contribution in [2.45, 2.75) is 38.0 Å². The summed E-state index contributed by atoms with van der Waals surface area (Å²) in [6, 6.07) is 9.83. The van der Waals surface area contributed by atoms with Crippen molar-refractivity contribution in [2.24, 2.45) is 0 Å². The lowest BCUT2D eigenvalue weighted by Gasteiger charge is -2.36. The maximum absolute atomic E-state index is 12.8. The highest BCUT2D eigenvalue weighted by molar-refractivity contribution is 5.92. The van der Waals surface area contributed by atoms with Gasteiger partial charge < -0.3 is 9.47 Å². The summed E-state index contributed by atoms with van der Waals surface area (Å²) < 4.78 is 10.3. The minimum atomic E-state index is -0.508. The molecule has 0 N–H and O–H groups in total. The Bertz CT molecular complexity index is 475. The van der Waals surface area contributed by atoms with Crippen LogP contribution in [0.5, 0.6) is 0 Å². The first kappa shape index (κ1) is 15.7. The zero-order valence-electron chi connectivity index (χ0n) is 12.5. The topological polar surface area (TPSA) is 52.6 Å². The number of benzene rings is 1. The van der Waals surface area contributed by atoms with Crippen molar-refractivity contribution in [1.82, 2.24) is 0 Å². The second-order valence-corrected chi connectivity index (χ2v) is 5.29. The molecule has 0 saturated carbocycles. The molecule has 1 aliphatic heterocycles. The number of carbonyl (C=O) groups excluding carboxylic acids is 2. The third-order valence-electron chi connectivity index (χ3n) is 4.07. The summed E-state index contributed by atoms with van der Waals surface area (Å²) in [5.74, 6) is -0.189. The molecule has 2 rings (SSSR count). The zero-order valence-corrected chi connectivity index (χ0v) is 12.5. The van der Waals surface area contributed by atoms with E-state index in [1.165, 1.54) is 0 Å². The molecule has 4 heteroatoms. The molecule has 1 aromatic carbocycles. The average Bonchev–Trinajstić information content (AvgIpc) is 2.54. The lowest BCUT2D eigenvalue weighted by molar-refractivity contribution is -0.145. The van der Waals surface area contributed by atoms with Gasteiger partial charge in [0.15, 0.2) is 0 Å². The smallest absolute Gasteiger partial charge is 0.306 e. The van der Waals surface area contributed by atoms with E-state index in [1.807, 2.05) is 30.3 Å². The van der Waals surface area contributed by atoms with Crippen LogP contribution in [0.4, 0.5) is 0 Å². The Kier molecular flexibility index (Phi) is 5.51. The van der Waals surface area contributed by atoms with Crippen LogP contribution in [0.25, 0.3) is 0 Å². The summed E-state index contributed by atoms with van der Waals surface area (Å²) in [5.41, 5.74) is 0.522. The number of rotatable bonds is 6. The maximum Gasteiger partial charge on any atom is 0.306 e. The first-order valence-corrected chi connectivity index (χ1v) is 7.51. The average molecular weight is 290 g/mol. The Morgan fingerprint density at radius 2 is 1.81 bits per heavy atom. The van der Waals surface area contributed by atoms with Gasteiger partial charge in [-0.25, -0.2) is 0 Å². The number of ketones is 1. The largest absolute Gasteiger partial charge is 0.466 e. The van der Waals surface area contributed by atoms with Gasteiger partial charge in [-0.1, -0.05) is 30.3 Å². The van der Waals surface area contributed by atoms with Crippen LogP contribution in [0.15, 0.2) is 30.3 Å². The molecule has 0 amide bonds. The predicted octanol–water partition coefficient (Wildman–Crippen LogP) is 2.65. The van der Waals surface area contributed by atoms with E-state index < -0.39 is 5.41 Å². The molecule has 0 spiro atoms. The number of carbonyl (C=O) groups is 2.